The summed E-state index contributed by atoms with van der Waals surface area (Å²) >= 11 is 3.53. The lowest BCUT2D eigenvalue weighted by atomic mass is 10.2. The minimum Gasteiger partial charge on any atom is -0.497 e. The lowest BCUT2D eigenvalue weighted by Crippen LogP contribution is -2.00. The van der Waals surface area contributed by atoms with E-state index in [1.54, 1.807) is 30.2 Å². The molecule has 6 heteroatoms. The maximum Gasteiger partial charge on any atom is 0.191 e. The van der Waals surface area contributed by atoms with Crippen LogP contribution < -0.4 is 4.74 Å². The van der Waals surface area contributed by atoms with Crippen LogP contribution in [0.5, 0.6) is 5.75 Å². The number of thioether (sulfide) groups is 1. The number of methoxy groups -OCH3 is 1. The Hall–Kier alpha value is -1.79. The van der Waals surface area contributed by atoms with E-state index in [4.69, 9.17) is 4.74 Å². The molecule has 0 spiro atoms. The third-order valence-electron chi connectivity index (χ3n) is 4.10. The van der Waals surface area contributed by atoms with E-state index in [0.717, 1.165) is 28.9 Å². The topological polar surface area (TPSA) is 39.9 Å². The molecule has 2 heterocycles. The van der Waals surface area contributed by atoms with Crippen LogP contribution in [0.1, 0.15) is 24.4 Å². The first kappa shape index (κ1) is 15.7. The zero-order valence-corrected chi connectivity index (χ0v) is 15.1. The summed E-state index contributed by atoms with van der Waals surface area (Å²) in [7, 11) is 1.70. The Kier molecular flexibility index (Phi) is 4.58. The Morgan fingerprint density at radius 2 is 2.04 bits per heavy atom. The van der Waals surface area contributed by atoms with Crippen molar-refractivity contribution in [3.8, 4) is 16.5 Å². The minimum absolute atomic E-state index is 0.584. The highest BCUT2D eigenvalue weighted by atomic mass is 32.2. The first-order valence-corrected chi connectivity index (χ1v) is 9.96. The molecule has 4 nitrogen and oxygen atoms in total. The van der Waals surface area contributed by atoms with Gasteiger partial charge in [-0.25, -0.2) is 0 Å². The van der Waals surface area contributed by atoms with Crippen LogP contribution in [-0.2, 0) is 6.42 Å². The Balaban J connectivity index is 1.44. The largest absolute Gasteiger partial charge is 0.497 e. The van der Waals surface area contributed by atoms with Gasteiger partial charge in [0.2, 0.25) is 0 Å². The van der Waals surface area contributed by atoms with Crippen molar-refractivity contribution in [1.82, 2.24) is 14.8 Å². The van der Waals surface area contributed by atoms with Crippen molar-refractivity contribution in [1.29, 1.82) is 0 Å². The van der Waals surface area contributed by atoms with Gasteiger partial charge in [0.1, 0.15) is 5.75 Å². The molecule has 0 unspecified atom stereocenters. The van der Waals surface area contributed by atoms with Gasteiger partial charge in [0, 0.05) is 11.8 Å². The van der Waals surface area contributed by atoms with Crippen LogP contribution in [-0.4, -0.2) is 27.6 Å². The van der Waals surface area contributed by atoms with E-state index in [9.17, 15) is 0 Å². The molecule has 0 bridgehead atoms. The van der Waals surface area contributed by atoms with E-state index in [0.29, 0.717) is 6.04 Å². The number of thiophene rings is 1. The standard InChI is InChI=1S/C18H19N3OS2/c1-22-15-8-4-13(5-9-15)10-12-24-18-20-19-17(16-3-2-11-23-16)21(18)14-6-7-14/h2-5,8-9,11,14H,6-7,10,12H2,1H3. The third-order valence-corrected chi connectivity index (χ3v) is 5.91. The van der Waals surface area contributed by atoms with Gasteiger partial charge in [0.15, 0.2) is 11.0 Å². The molecule has 3 aromatic rings. The summed E-state index contributed by atoms with van der Waals surface area (Å²) < 4.78 is 7.54. The molecule has 1 aliphatic carbocycles. The molecule has 0 amide bonds. The summed E-state index contributed by atoms with van der Waals surface area (Å²) in [4.78, 5) is 1.21. The minimum atomic E-state index is 0.584. The Bertz CT molecular complexity index is 792. The van der Waals surface area contributed by atoms with Gasteiger partial charge in [-0.1, -0.05) is 30.0 Å². The van der Waals surface area contributed by atoms with Crippen LogP contribution in [0, 0.1) is 0 Å². The molecule has 0 radical (unpaired) electrons. The molecule has 2 aromatic heterocycles. The van der Waals surface area contributed by atoms with Gasteiger partial charge in [-0.05, 0) is 48.4 Å². The number of aromatic nitrogens is 3. The molecule has 0 atom stereocenters. The fourth-order valence-corrected chi connectivity index (χ4v) is 4.36. The van der Waals surface area contributed by atoms with Crippen molar-refractivity contribution in [2.75, 3.05) is 12.9 Å². The average molecular weight is 358 g/mol. The Morgan fingerprint density at radius 3 is 2.71 bits per heavy atom. The first-order valence-electron chi connectivity index (χ1n) is 8.09. The highest BCUT2D eigenvalue weighted by Crippen LogP contribution is 2.41. The molecule has 1 aromatic carbocycles. The molecular formula is C18H19N3OS2. The number of ether oxygens (including phenoxy) is 1. The molecule has 1 fully saturated rings. The van der Waals surface area contributed by atoms with Crippen molar-refractivity contribution in [3.63, 3.8) is 0 Å². The van der Waals surface area contributed by atoms with Gasteiger partial charge >= 0.3 is 0 Å². The lowest BCUT2D eigenvalue weighted by molar-refractivity contribution is 0.414. The SMILES string of the molecule is COc1ccc(CCSc2nnc(-c3cccs3)n2C2CC2)cc1. The molecule has 0 aliphatic heterocycles. The van der Waals surface area contributed by atoms with Crippen molar-refractivity contribution in [2.24, 2.45) is 0 Å². The van der Waals surface area contributed by atoms with Crippen molar-refractivity contribution in [3.05, 3.63) is 47.3 Å². The molecular weight excluding hydrogens is 338 g/mol. The summed E-state index contributed by atoms with van der Waals surface area (Å²) in [5.41, 5.74) is 1.32. The second-order valence-corrected chi connectivity index (χ2v) is 7.84. The van der Waals surface area contributed by atoms with E-state index < -0.39 is 0 Å². The average Bonchev–Trinajstić information content (AvgIpc) is 3.14. The van der Waals surface area contributed by atoms with Gasteiger partial charge < -0.3 is 4.74 Å². The number of aryl methyl sites for hydroxylation is 1. The number of rotatable bonds is 7. The number of hydrogen-bond acceptors (Lipinski definition) is 5. The molecule has 1 aliphatic rings. The van der Waals surface area contributed by atoms with E-state index in [1.165, 1.54) is 23.3 Å². The Labute approximate surface area is 149 Å². The number of nitrogens with zero attached hydrogens (tertiary/aromatic N) is 3. The van der Waals surface area contributed by atoms with E-state index in [2.05, 4.69) is 44.4 Å². The highest BCUT2D eigenvalue weighted by Gasteiger charge is 2.30. The molecule has 24 heavy (non-hydrogen) atoms. The normalized spacial score (nSPS) is 14.0. The number of benzene rings is 1. The predicted octanol–water partition coefficient (Wildman–Crippen LogP) is 4.68. The summed E-state index contributed by atoms with van der Waals surface area (Å²) in [6, 6.07) is 13.1. The highest BCUT2D eigenvalue weighted by molar-refractivity contribution is 7.99. The molecule has 124 valence electrons. The predicted molar refractivity (Wildman–Crippen MR) is 99.0 cm³/mol. The Morgan fingerprint density at radius 1 is 1.21 bits per heavy atom. The van der Waals surface area contributed by atoms with E-state index in [-0.39, 0.29) is 0 Å². The smallest absolute Gasteiger partial charge is 0.191 e. The van der Waals surface area contributed by atoms with Gasteiger partial charge in [0.05, 0.1) is 12.0 Å². The second kappa shape index (κ2) is 6.99. The lowest BCUT2D eigenvalue weighted by Gasteiger charge is -2.08. The van der Waals surface area contributed by atoms with Gasteiger partial charge in [-0.15, -0.1) is 21.5 Å². The molecule has 4 rings (SSSR count). The zero-order chi connectivity index (χ0) is 16.4. The quantitative estimate of drug-likeness (QED) is 0.575. The summed E-state index contributed by atoms with van der Waals surface area (Å²) in [5, 5.41) is 12.1. The molecule has 1 saturated carbocycles. The van der Waals surface area contributed by atoms with Gasteiger partial charge in [0.25, 0.3) is 0 Å². The van der Waals surface area contributed by atoms with Crippen LogP contribution in [0.3, 0.4) is 0 Å². The third kappa shape index (κ3) is 3.35. The maximum absolute atomic E-state index is 5.20. The van der Waals surface area contributed by atoms with E-state index >= 15 is 0 Å². The summed E-state index contributed by atoms with van der Waals surface area (Å²) in [6.07, 6.45) is 3.49. The van der Waals surface area contributed by atoms with Crippen molar-refractivity contribution < 1.29 is 4.74 Å². The van der Waals surface area contributed by atoms with Gasteiger partial charge in [-0.3, -0.25) is 4.57 Å². The van der Waals surface area contributed by atoms with Crippen molar-refractivity contribution in [2.45, 2.75) is 30.5 Å². The molecule has 0 saturated heterocycles. The maximum atomic E-state index is 5.20. The van der Waals surface area contributed by atoms with E-state index in [1.807, 2.05) is 12.1 Å². The van der Waals surface area contributed by atoms with Crippen molar-refractivity contribution >= 4 is 23.1 Å². The summed E-state index contributed by atoms with van der Waals surface area (Å²) in [6.45, 7) is 0. The van der Waals surface area contributed by atoms with Gasteiger partial charge in [-0.2, -0.15) is 0 Å². The summed E-state index contributed by atoms with van der Waals surface area (Å²) in [5.74, 6) is 2.93. The fraction of sp³-hybridized carbons (Fsp3) is 0.333. The number of hydrogen-bond donors (Lipinski definition) is 0. The monoisotopic (exact) mass is 357 g/mol. The van der Waals surface area contributed by atoms with Crippen LogP contribution in [0.25, 0.3) is 10.7 Å². The molecule has 0 N–H and O–H groups in total. The van der Waals surface area contributed by atoms with Crippen LogP contribution in [0.4, 0.5) is 0 Å². The fourth-order valence-electron chi connectivity index (χ4n) is 2.66. The van der Waals surface area contributed by atoms with Crippen LogP contribution in [0.2, 0.25) is 0 Å². The first-order chi connectivity index (χ1) is 11.8. The van der Waals surface area contributed by atoms with Crippen LogP contribution in [0.15, 0.2) is 46.9 Å². The zero-order valence-electron chi connectivity index (χ0n) is 13.5. The van der Waals surface area contributed by atoms with Crippen LogP contribution >= 0.6 is 23.1 Å². The second-order valence-electron chi connectivity index (χ2n) is 5.83.